The van der Waals surface area contributed by atoms with Gasteiger partial charge < -0.3 is 20.5 Å². The van der Waals surface area contributed by atoms with E-state index < -0.39 is 0 Å². The van der Waals surface area contributed by atoms with Gasteiger partial charge in [-0.25, -0.2) is 0 Å². The lowest BCUT2D eigenvalue weighted by molar-refractivity contribution is -0.126. The topological polar surface area (TPSA) is 73.6 Å². The van der Waals surface area contributed by atoms with E-state index >= 15 is 0 Å². The van der Waals surface area contributed by atoms with E-state index in [1.165, 1.54) is 0 Å². The van der Waals surface area contributed by atoms with Gasteiger partial charge in [-0.1, -0.05) is 6.07 Å². The van der Waals surface area contributed by atoms with Crippen molar-refractivity contribution in [3.63, 3.8) is 0 Å². The van der Waals surface area contributed by atoms with E-state index in [1.807, 2.05) is 39.0 Å². The van der Waals surface area contributed by atoms with Crippen LogP contribution < -0.4 is 20.5 Å². The number of hydrogen-bond acceptors (Lipinski definition) is 4. The van der Waals surface area contributed by atoms with Gasteiger partial charge in [-0.3, -0.25) is 4.79 Å². The first-order chi connectivity index (χ1) is 9.39. The summed E-state index contributed by atoms with van der Waals surface area (Å²) in [6.45, 7) is 6.44. The zero-order valence-electron chi connectivity index (χ0n) is 12.2. The number of benzene rings is 1. The van der Waals surface area contributed by atoms with Gasteiger partial charge in [0.1, 0.15) is 0 Å². The number of fused-ring (bicyclic) bond motifs is 1. The fourth-order valence-electron chi connectivity index (χ4n) is 2.11. The van der Waals surface area contributed by atoms with E-state index in [4.69, 9.17) is 15.2 Å². The number of nitrogens with one attached hydrogen (secondary N) is 1. The summed E-state index contributed by atoms with van der Waals surface area (Å²) in [4.78, 5) is 12.2. The summed E-state index contributed by atoms with van der Waals surface area (Å²) in [5.41, 5.74) is 6.51. The van der Waals surface area contributed by atoms with Crippen LogP contribution in [0.4, 0.5) is 0 Å². The molecule has 0 aromatic heterocycles. The molecule has 1 unspecified atom stereocenters. The summed E-state index contributed by atoms with van der Waals surface area (Å²) in [5, 5.41) is 2.97. The van der Waals surface area contributed by atoms with E-state index in [2.05, 4.69) is 5.32 Å². The Bertz CT molecular complexity index is 494. The van der Waals surface area contributed by atoms with E-state index in [0.717, 1.165) is 17.1 Å². The van der Waals surface area contributed by atoms with Crippen molar-refractivity contribution in [3.8, 4) is 11.5 Å². The molecular formula is C15H22N2O3. The molecule has 0 bridgehead atoms. The summed E-state index contributed by atoms with van der Waals surface area (Å²) < 4.78 is 10.6. The minimum absolute atomic E-state index is 0.0160. The number of carbonyl (C=O) groups excluding carboxylic acids is 1. The molecular weight excluding hydrogens is 256 g/mol. The van der Waals surface area contributed by atoms with Gasteiger partial charge in [-0.15, -0.1) is 0 Å². The Morgan fingerprint density at radius 2 is 2.05 bits per heavy atom. The minimum atomic E-state index is -0.251. The SMILES string of the molecule is CC(C)(C)NC(=O)C(CN)Cc1ccc2c(c1)OCO2. The lowest BCUT2D eigenvalue weighted by Gasteiger charge is -2.24. The molecule has 5 heteroatoms. The zero-order chi connectivity index (χ0) is 14.8. The highest BCUT2D eigenvalue weighted by atomic mass is 16.7. The zero-order valence-corrected chi connectivity index (χ0v) is 12.2. The second kappa shape index (κ2) is 5.71. The molecule has 2 rings (SSSR count). The molecule has 0 radical (unpaired) electrons. The molecule has 20 heavy (non-hydrogen) atoms. The van der Waals surface area contributed by atoms with Gasteiger partial charge in [0.2, 0.25) is 12.7 Å². The third-order valence-electron chi connectivity index (χ3n) is 3.07. The third-order valence-corrected chi connectivity index (χ3v) is 3.07. The molecule has 1 atom stereocenters. The monoisotopic (exact) mass is 278 g/mol. The fourth-order valence-corrected chi connectivity index (χ4v) is 2.11. The van der Waals surface area contributed by atoms with Crippen molar-refractivity contribution in [2.45, 2.75) is 32.7 Å². The summed E-state index contributed by atoms with van der Waals surface area (Å²) in [7, 11) is 0. The average Bonchev–Trinajstić information content (AvgIpc) is 2.80. The second-order valence-corrected chi connectivity index (χ2v) is 6.06. The molecule has 0 saturated carbocycles. The molecule has 0 spiro atoms. The average molecular weight is 278 g/mol. The van der Waals surface area contributed by atoms with Gasteiger partial charge in [-0.2, -0.15) is 0 Å². The predicted molar refractivity (Wildman–Crippen MR) is 76.7 cm³/mol. The fraction of sp³-hybridized carbons (Fsp3) is 0.533. The van der Waals surface area contributed by atoms with Crippen LogP contribution in [0.1, 0.15) is 26.3 Å². The van der Waals surface area contributed by atoms with Gasteiger partial charge in [0, 0.05) is 12.1 Å². The van der Waals surface area contributed by atoms with E-state index in [1.54, 1.807) is 0 Å². The molecule has 0 aliphatic carbocycles. The highest BCUT2D eigenvalue weighted by molar-refractivity contribution is 5.79. The van der Waals surface area contributed by atoms with Crippen molar-refractivity contribution in [1.82, 2.24) is 5.32 Å². The van der Waals surface area contributed by atoms with Crippen molar-refractivity contribution < 1.29 is 14.3 Å². The van der Waals surface area contributed by atoms with Gasteiger partial charge >= 0.3 is 0 Å². The van der Waals surface area contributed by atoms with Gasteiger partial charge in [0.05, 0.1) is 5.92 Å². The molecule has 1 aromatic carbocycles. The van der Waals surface area contributed by atoms with Crippen molar-refractivity contribution >= 4 is 5.91 Å². The normalized spacial score (nSPS) is 15.0. The van der Waals surface area contributed by atoms with E-state index in [-0.39, 0.29) is 24.2 Å². The molecule has 5 nitrogen and oxygen atoms in total. The second-order valence-electron chi connectivity index (χ2n) is 6.06. The van der Waals surface area contributed by atoms with Crippen LogP contribution in [-0.2, 0) is 11.2 Å². The summed E-state index contributed by atoms with van der Waals surface area (Å²) in [6, 6.07) is 5.73. The van der Waals surface area contributed by atoms with Crippen LogP contribution in [0.15, 0.2) is 18.2 Å². The number of nitrogens with two attached hydrogens (primary N) is 1. The summed E-state index contributed by atoms with van der Waals surface area (Å²) >= 11 is 0. The van der Waals surface area contributed by atoms with Crippen LogP contribution in [-0.4, -0.2) is 24.8 Å². The largest absolute Gasteiger partial charge is 0.454 e. The maximum Gasteiger partial charge on any atom is 0.231 e. The molecule has 0 saturated heterocycles. The molecule has 1 aliphatic heterocycles. The molecule has 1 aromatic rings. The van der Waals surface area contributed by atoms with Crippen LogP contribution in [0, 0.1) is 5.92 Å². The van der Waals surface area contributed by atoms with Crippen molar-refractivity contribution in [3.05, 3.63) is 23.8 Å². The maximum atomic E-state index is 12.2. The van der Waals surface area contributed by atoms with Crippen LogP contribution in [0.5, 0.6) is 11.5 Å². The Morgan fingerprint density at radius 1 is 1.35 bits per heavy atom. The van der Waals surface area contributed by atoms with Crippen LogP contribution in [0.2, 0.25) is 0 Å². The smallest absolute Gasteiger partial charge is 0.231 e. The van der Waals surface area contributed by atoms with Crippen molar-refractivity contribution in [2.75, 3.05) is 13.3 Å². The third kappa shape index (κ3) is 3.63. The molecule has 1 amide bonds. The maximum absolute atomic E-state index is 12.2. The first kappa shape index (κ1) is 14.7. The van der Waals surface area contributed by atoms with Crippen molar-refractivity contribution in [1.29, 1.82) is 0 Å². The van der Waals surface area contributed by atoms with Crippen LogP contribution in [0.25, 0.3) is 0 Å². The quantitative estimate of drug-likeness (QED) is 0.874. The summed E-state index contributed by atoms with van der Waals surface area (Å²) in [5.74, 6) is 1.22. The van der Waals surface area contributed by atoms with Crippen LogP contribution in [0.3, 0.4) is 0 Å². The van der Waals surface area contributed by atoms with E-state index in [0.29, 0.717) is 13.0 Å². The first-order valence-electron chi connectivity index (χ1n) is 6.79. The number of carbonyl (C=O) groups is 1. The Balaban J connectivity index is 2.04. The molecule has 3 N–H and O–H groups in total. The Kier molecular flexibility index (Phi) is 4.18. The molecule has 0 fully saturated rings. The molecule has 110 valence electrons. The Hall–Kier alpha value is -1.75. The van der Waals surface area contributed by atoms with Gasteiger partial charge in [0.15, 0.2) is 11.5 Å². The number of hydrogen-bond donors (Lipinski definition) is 2. The predicted octanol–water partition coefficient (Wildman–Crippen LogP) is 1.45. The van der Waals surface area contributed by atoms with Gasteiger partial charge in [-0.05, 0) is 44.9 Å². The lowest BCUT2D eigenvalue weighted by atomic mass is 9.96. The highest BCUT2D eigenvalue weighted by Crippen LogP contribution is 2.33. The number of amides is 1. The van der Waals surface area contributed by atoms with E-state index in [9.17, 15) is 4.79 Å². The Morgan fingerprint density at radius 3 is 2.70 bits per heavy atom. The molecule has 1 aliphatic rings. The van der Waals surface area contributed by atoms with Gasteiger partial charge in [0.25, 0.3) is 0 Å². The first-order valence-corrected chi connectivity index (χ1v) is 6.79. The number of ether oxygens (including phenoxy) is 2. The lowest BCUT2D eigenvalue weighted by Crippen LogP contribution is -2.46. The summed E-state index contributed by atoms with van der Waals surface area (Å²) in [6.07, 6.45) is 0.592. The number of rotatable bonds is 4. The van der Waals surface area contributed by atoms with Crippen LogP contribution >= 0.6 is 0 Å². The minimum Gasteiger partial charge on any atom is -0.454 e. The Labute approximate surface area is 119 Å². The van der Waals surface area contributed by atoms with Crippen molar-refractivity contribution in [2.24, 2.45) is 11.7 Å². The highest BCUT2D eigenvalue weighted by Gasteiger charge is 2.23. The molecule has 1 heterocycles. The standard InChI is InChI=1S/C15H22N2O3/c1-15(2,3)17-14(18)11(8-16)6-10-4-5-12-13(7-10)20-9-19-12/h4-5,7,11H,6,8-9,16H2,1-3H3,(H,17,18).